The van der Waals surface area contributed by atoms with Gasteiger partial charge in [0.2, 0.25) is 5.91 Å². The molecule has 1 saturated heterocycles. The summed E-state index contributed by atoms with van der Waals surface area (Å²) in [5, 5.41) is 5.82. The lowest BCUT2D eigenvalue weighted by atomic mass is 10.1. The van der Waals surface area contributed by atoms with E-state index in [4.69, 9.17) is 0 Å². The lowest BCUT2D eigenvalue weighted by molar-refractivity contribution is -0.114. The predicted octanol–water partition coefficient (Wildman–Crippen LogP) is 3.62. The third kappa shape index (κ3) is 4.78. The lowest BCUT2D eigenvalue weighted by Gasteiger charge is -2.36. The van der Waals surface area contributed by atoms with Crippen LogP contribution in [-0.2, 0) is 4.79 Å². The maximum absolute atomic E-state index is 12.6. The van der Waals surface area contributed by atoms with E-state index in [2.05, 4.69) is 21.6 Å². The van der Waals surface area contributed by atoms with Crippen LogP contribution in [0.4, 0.5) is 21.9 Å². The van der Waals surface area contributed by atoms with Crippen LogP contribution in [0.5, 0.6) is 0 Å². The Morgan fingerprint density at radius 2 is 1.67 bits per heavy atom. The normalized spacial score (nSPS) is 14.0. The third-order valence-corrected chi connectivity index (χ3v) is 4.72. The molecule has 0 atom stereocenters. The van der Waals surface area contributed by atoms with Crippen LogP contribution in [0.25, 0.3) is 0 Å². The van der Waals surface area contributed by atoms with E-state index in [0.717, 1.165) is 35.7 Å². The third-order valence-electron chi connectivity index (χ3n) is 4.72. The first-order chi connectivity index (χ1) is 12.9. The van der Waals surface area contributed by atoms with E-state index < -0.39 is 0 Å². The highest BCUT2D eigenvalue weighted by Crippen LogP contribution is 2.22. The molecule has 27 heavy (non-hydrogen) atoms. The van der Waals surface area contributed by atoms with Crippen molar-refractivity contribution in [2.75, 3.05) is 41.7 Å². The van der Waals surface area contributed by atoms with Crippen LogP contribution < -0.4 is 15.5 Å². The van der Waals surface area contributed by atoms with Crippen LogP contribution in [0.2, 0.25) is 0 Å². The monoisotopic (exact) mass is 366 g/mol. The van der Waals surface area contributed by atoms with E-state index in [1.807, 2.05) is 55.1 Å². The molecule has 1 heterocycles. The van der Waals surface area contributed by atoms with Crippen molar-refractivity contribution in [3.8, 4) is 0 Å². The predicted molar refractivity (Wildman–Crippen MR) is 109 cm³/mol. The summed E-state index contributed by atoms with van der Waals surface area (Å²) >= 11 is 0. The van der Waals surface area contributed by atoms with Gasteiger partial charge in [0.05, 0.1) is 0 Å². The molecular formula is C21H26N4O2. The van der Waals surface area contributed by atoms with Gasteiger partial charge in [0.1, 0.15) is 0 Å². The minimum absolute atomic E-state index is 0.0615. The summed E-state index contributed by atoms with van der Waals surface area (Å²) < 4.78 is 0. The molecule has 2 aromatic carbocycles. The van der Waals surface area contributed by atoms with Crippen LogP contribution in [-0.4, -0.2) is 43.0 Å². The van der Waals surface area contributed by atoms with E-state index in [-0.39, 0.29) is 11.9 Å². The van der Waals surface area contributed by atoms with Gasteiger partial charge in [-0.05, 0) is 43.7 Å². The molecule has 0 spiro atoms. The average molecular weight is 366 g/mol. The van der Waals surface area contributed by atoms with E-state index in [0.29, 0.717) is 13.1 Å². The summed E-state index contributed by atoms with van der Waals surface area (Å²) in [7, 11) is 0. The number of nitrogens with one attached hydrogen (secondary N) is 2. The van der Waals surface area contributed by atoms with Crippen molar-refractivity contribution in [2.45, 2.75) is 20.8 Å². The van der Waals surface area contributed by atoms with Crippen molar-refractivity contribution in [1.29, 1.82) is 0 Å². The molecule has 2 aromatic rings. The molecule has 1 aliphatic rings. The lowest BCUT2D eigenvalue weighted by Crippen LogP contribution is -2.50. The molecule has 0 radical (unpaired) electrons. The first-order valence-electron chi connectivity index (χ1n) is 9.18. The van der Waals surface area contributed by atoms with Gasteiger partial charge in [0.25, 0.3) is 0 Å². The largest absolute Gasteiger partial charge is 0.368 e. The molecule has 6 heteroatoms. The van der Waals surface area contributed by atoms with Gasteiger partial charge in [-0.2, -0.15) is 0 Å². The SMILES string of the molecule is CC(=O)Nc1cccc(N2CCN(C(=O)Nc3ccc(C)cc3C)CC2)c1. The van der Waals surface area contributed by atoms with Crippen molar-refractivity contribution in [3.05, 3.63) is 53.6 Å². The molecule has 0 saturated carbocycles. The number of hydrogen-bond donors (Lipinski definition) is 2. The summed E-state index contributed by atoms with van der Waals surface area (Å²) in [4.78, 5) is 27.9. The van der Waals surface area contributed by atoms with Crippen molar-refractivity contribution < 1.29 is 9.59 Å². The molecule has 6 nitrogen and oxygen atoms in total. The summed E-state index contributed by atoms with van der Waals surface area (Å²) in [6.07, 6.45) is 0. The molecule has 3 rings (SSSR count). The van der Waals surface area contributed by atoms with E-state index >= 15 is 0 Å². The second-order valence-corrected chi connectivity index (χ2v) is 6.95. The Balaban J connectivity index is 1.58. The Bertz CT molecular complexity index is 842. The molecule has 1 aliphatic heterocycles. The van der Waals surface area contributed by atoms with Crippen LogP contribution in [0.3, 0.4) is 0 Å². The van der Waals surface area contributed by atoms with Crippen LogP contribution in [0.1, 0.15) is 18.1 Å². The minimum atomic E-state index is -0.0833. The van der Waals surface area contributed by atoms with E-state index in [9.17, 15) is 9.59 Å². The van der Waals surface area contributed by atoms with Gasteiger partial charge >= 0.3 is 6.03 Å². The van der Waals surface area contributed by atoms with Gasteiger partial charge in [-0.25, -0.2) is 4.79 Å². The molecule has 3 amide bonds. The number of aryl methyl sites for hydroxylation is 2. The van der Waals surface area contributed by atoms with E-state index in [1.165, 1.54) is 12.5 Å². The Morgan fingerprint density at radius 1 is 0.926 bits per heavy atom. The van der Waals surface area contributed by atoms with Crippen LogP contribution in [0, 0.1) is 13.8 Å². The maximum atomic E-state index is 12.6. The number of nitrogens with zero attached hydrogens (tertiary/aromatic N) is 2. The zero-order valence-electron chi connectivity index (χ0n) is 16.1. The van der Waals surface area contributed by atoms with Gasteiger partial charge in [0.15, 0.2) is 0 Å². The minimum Gasteiger partial charge on any atom is -0.368 e. The van der Waals surface area contributed by atoms with Crippen molar-refractivity contribution in [2.24, 2.45) is 0 Å². The highest BCUT2D eigenvalue weighted by molar-refractivity contribution is 5.90. The molecule has 0 unspecified atom stereocenters. The number of benzene rings is 2. The number of piperazine rings is 1. The second kappa shape index (κ2) is 8.12. The molecule has 0 aliphatic carbocycles. The topological polar surface area (TPSA) is 64.7 Å². The van der Waals surface area contributed by atoms with Gasteiger partial charge in [-0.1, -0.05) is 23.8 Å². The summed E-state index contributed by atoms with van der Waals surface area (Å²) in [6.45, 7) is 8.36. The van der Waals surface area contributed by atoms with Crippen molar-refractivity contribution >= 4 is 29.0 Å². The molecule has 0 bridgehead atoms. The average Bonchev–Trinajstić information content (AvgIpc) is 2.64. The fourth-order valence-corrected chi connectivity index (χ4v) is 3.30. The molecule has 0 aromatic heterocycles. The molecule has 1 fully saturated rings. The fourth-order valence-electron chi connectivity index (χ4n) is 3.30. The number of urea groups is 1. The maximum Gasteiger partial charge on any atom is 0.321 e. The standard InChI is InChI=1S/C21H26N4O2/c1-15-7-8-20(16(2)13-15)23-21(27)25-11-9-24(10-12-25)19-6-4-5-18(14-19)22-17(3)26/h4-8,13-14H,9-12H2,1-3H3,(H,22,26)(H,23,27). The van der Waals surface area contributed by atoms with Crippen LogP contribution >= 0.6 is 0 Å². The zero-order chi connectivity index (χ0) is 19.4. The number of carbonyl (C=O) groups is 2. The Hall–Kier alpha value is -3.02. The Morgan fingerprint density at radius 3 is 2.33 bits per heavy atom. The smallest absolute Gasteiger partial charge is 0.321 e. The van der Waals surface area contributed by atoms with Crippen molar-refractivity contribution in [3.63, 3.8) is 0 Å². The summed E-state index contributed by atoms with van der Waals surface area (Å²) in [6, 6.07) is 13.8. The zero-order valence-corrected chi connectivity index (χ0v) is 16.1. The number of amides is 3. The number of anilines is 3. The first-order valence-corrected chi connectivity index (χ1v) is 9.18. The Labute approximate surface area is 160 Å². The summed E-state index contributed by atoms with van der Waals surface area (Å²) in [5.41, 5.74) is 4.94. The Kier molecular flexibility index (Phi) is 5.64. The fraction of sp³-hybridized carbons (Fsp3) is 0.333. The van der Waals surface area contributed by atoms with Crippen molar-refractivity contribution in [1.82, 2.24) is 4.90 Å². The number of hydrogen-bond acceptors (Lipinski definition) is 3. The summed E-state index contributed by atoms with van der Waals surface area (Å²) in [5.74, 6) is -0.0833. The highest BCUT2D eigenvalue weighted by Gasteiger charge is 2.22. The molecular weight excluding hydrogens is 340 g/mol. The van der Waals surface area contributed by atoms with Gasteiger partial charge in [-0.15, -0.1) is 0 Å². The molecule has 142 valence electrons. The second-order valence-electron chi connectivity index (χ2n) is 6.95. The van der Waals surface area contributed by atoms with Gasteiger partial charge in [-0.3, -0.25) is 4.79 Å². The quantitative estimate of drug-likeness (QED) is 0.872. The number of carbonyl (C=O) groups excluding carboxylic acids is 2. The highest BCUT2D eigenvalue weighted by atomic mass is 16.2. The van der Waals surface area contributed by atoms with Gasteiger partial charge in [0, 0.05) is 50.2 Å². The number of rotatable bonds is 3. The molecule has 2 N–H and O–H groups in total. The van der Waals surface area contributed by atoms with Gasteiger partial charge < -0.3 is 20.4 Å². The van der Waals surface area contributed by atoms with Crippen LogP contribution in [0.15, 0.2) is 42.5 Å². The van der Waals surface area contributed by atoms with E-state index in [1.54, 1.807) is 0 Å². The first kappa shape index (κ1) is 18.8.